The summed E-state index contributed by atoms with van der Waals surface area (Å²) in [6.07, 6.45) is 0. The molecule has 1 atom stereocenters. The SMILES string of the molecule is CC(C)CS(=O)(=O)N[C@H](C)c1onc(-c2ccc(Cl)cc2)c1C(=O)O. The maximum absolute atomic E-state index is 12.1. The van der Waals surface area contributed by atoms with Gasteiger partial charge in [0, 0.05) is 10.6 Å². The summed E-state index contributed by atoms with van der Waals surface area (Å²) >= 11 is 5.83. The van der Waals surface area contributed by atoms with Gasteiger partial charge in [0.05, 0.1) is 11.8 Å². The molecule has 0 aliphatic rings. The first-order valence-electron chi connectivity index (χ1n) is 7.59. The van der Waals surface area contributed by atoms with Gasteiger partial charge in [0.1, 0.15) is 11.3 Å². The molecule has 0 saturated heterocycles. The lowest BCUT2D eigenvalue weighted by Gasteiger charge is -2.13. The smallest absolute Gasteiger partial charge is 0.341 e. The summed E-state index contributed by atoms with van der Waals surface area (Å²) in [4.78, 5) is 11.7. The Morgan fingerprint density at radius 2 is 1.88 bits per heavy atom. The average Bonchev–Trinajstić information content (AvgIpc) is 2.91. The first kappa shape index (κ1) is 19.4. The fourth-order valence-electron chi connectivity index (χ4n) is 2.42. The van der Waals surface area contributed by atoms with Gasteiger partial charge in [-0.2, -0.15) is 0 Å². The van der Waals surface area contributed by atoms with E-state index < -0.39 is 22.0 Å². The molecule has 25 heavy (non-hydrogen) atoms. The van der Waals surface area contributed by atoms with Crippen molar-refractivity contribution < 1.29 is 22.8 Å². The predicted molar refractivity (Wildman–Crippen MR) is 94.1 cm³/mol. The highest BCUT2D eigenvalue weighted by Gasteiger charge is 2.29. The third-order valence-corrected chi connectivity index (χ3v) is 5.42. The van der Waals surface area contributed by atoms with E-state index in [4.69, 9.17) is 16.1 Å². The Balaban J connectivity index is 2.39. The molecule has 0 aliphatic carbocycles. The first-order chi connectivity index (χ1) is 11.6. The molecule has 1 heterocycles. The van der Waals surface area contributed by atoms with Crippen molar-refractivity contribution in [1.29, 1.82) is 0 Å². The monoisotopic (exact) mass is 386 g/mol. The minimum atomic E-state index is -3.58. The summed E-state index contributed by atoms with van der Waals surface area (Å²) < 4.78 is 31.8. The zero-order valence-electron chi connectivity index (χ0n) is 14.0. The third-order valence-electron chi connectivity index (χ3n) is 3.35. The number of hydrogen-bond acceptors (Lipinski definition) is 5. The number of nitrogens with one attached hydrogen (secondary N) is 1. The van der Waals surface area contributed by atoms with Crippen LogP contribution < -0.4 is 4.72 Å². The zero-order chi connectivity index (χ0) is 18.8. The van der Waals surface area contributed by atoms with Crippen LogP contribution in [0.3, 0.4) is 0 Å². The highest BCUT2D eigenvalue weighted by Crippen LogP contribution is 2.30. The normalized spacial score (nSPS) is 13.2. The van der Waals surface area contributed by atoms with Crippen LogP contribution in [0.2, 0.25) is 5.02 Å². The highest BCUT2D eigenvalue weighted by atomic mass is 35.5. The number of carboxylic acids is 1. The molecule has 0 saturated carbocycles. The number of sulfonamides is 1. The van der Waals surface area contributed by atoms with Crippen LogP contribution in [-0.2, 0) is 10.0 Å². The standard InChI is InChI=1S/C16H19ClN2O5S/c1-9(2)8-25(22,23)19-10(3)15-13(16(20)21)14(18-24-15)11-4-6-12(17)7-5-11/h4-7,9-10,19H,8H2,1-3H3,(H,20,21)/t10-/m1/s1. The fourth-order valence-corrected chi connectivity index (χ4v) is 4.17. The Hall–Kier alpha value is -1.90. The number of hydrogen-bond donors (Lipinski definition) is 2. The van der Waals surface area contributed by atoms with Crippen LogP contribution in [0.1, 0.15) is 42.9 Å². The van der Waals surface area contributed by atoms with Gasteiger partial charge in [-0.3, -0.25) is 0 Å². The molecule has 2 rings (SSSR count). The second-order valence-electron chi connectivity index (χ2n) is 6.10. The van der Waals surface area contributed by atoms with E-state index >= 15 is 0 Å². The molecule has 1 aromatic heterocycles. The van der Waals surface area contributed by atoms with E-state index in [0.29, 0.717) is 10.6 Å². The lowest BCUT2D eigenvalue weighted by Crippen LogP contribution is -2.31. The Labute approximate surface area is 151 Å². The van der Waals surface area contributed by atoms with Crippen molar-refractivity contribution in [2.45, 2.75) is 26.8 Å². The van der Waals surface area contributed by atoms with Gasteiger partial charge in [0.15, 0.2) is 5.76 Å². The number of nitrogens with zero attached hydrogens (tertiary/aromatic N) is 1. The molecule has 9 heteroatoms. The Kier molecular flexibility index (Phi) is 5.87. The quantitative estimate of drug-likeness (QED) is 0.755. The highest BCUT2D eigenvalue weighted by molar-refractivity contribution is 7.89. The molecular formula is C16H19ClN2O5S. The summed E-state index contributed by atoms with van der Waals surface area (Å²) in [7, 11) is -3.58. The first-order valence-corrected chi connectivity index (χ1v) is 9.62. The van der Waals surface area contributed by atoms with Crippen molar-refractivity contribution in [2.75, 3.05) is 5.75 Å². The van der Waals surface area contributed by atoms with E-state index in [1.165, 1.54) is 6.92 Å². The molecule has 2 N–H and O–H groups in total. The second kappa shape index (κ2) is 7.55. The summed E-state index contributed by atoms with van der Waals surface area (Å²) in [5.41, 5.74) is 0.449. The maximum atomic E-state index is 12.1. The van der Waals surface area contributed by atoms with E-state index in [0.717, 1.165) is 0 Å². The minimum absolute atomic E-state index is 0.0511. The van der Waals surface area contributed by atoms with Gasteiger partial charge < -0.3 is 9.63 Å². The number of benzene rings is 1. The molecule has 0 fully saturated rings. The number of aromatic nitrogens is 1. The van der Waals surface area contributed by atoms with Gasteiger partial charge in [0.25, 0.3) is 0 Å². The van der Waals surface area contributed by atoms with Gasteiger partial charge in [-0.15, -0.1) is 0 Å². The molecule has 0 unspecified atom stereocenters. The van der Waals surface area contributed by atoms with Gasteiger partial charge in [-0.25, -0.2) is 17.9 Å². The number of carboxylic acid groups (broad SMARTS) is 1. The Morgan fingerprint density at radius 1 is 1.28 bits per heavy atom. The van der Waals surface area contributed by atoms with Crippen molar-refractivity contribution in [3.8, 4) is 11.3 Å². The van der Waals surface area contributed by atoms with Crippen molar-refractivity contribution in [3.63, 3.8) is 0 Å². The van der Waals surface area contributed by atoms with E-state index in [9.17, 15) is 18.3 Å². The summed E-state index contributed by atoms with van der Waals surface area (Å²) in [5.74, 6) is -1.44. The zero-order valence-corrected chi connectivity index (χ0v) is 15.6. The van der Waals surface area contributed by atoms with Crippen LogP contribution in [0.25, 0.3) is 11.3 Å². The van der Waals surface area contributed by atoms with Crippen LogP contribution >= 0.6 is 11.6 Å². The molecule has 2 aromatic rings. The van der Waals surface area contributed by atoms with E-state index in [1.807, 2.05) is 0 Å². The fraction of sp³-hybridized carbons (Fsp3) is 0.375. The van der Waals surface area contributed by atoms with Gasteiger partial charge >= 0.3 is 5.97 Å². The third kappa shape index (κ3) is 4.81. The van der Waals surface area contributed by atoms with Crippen molar-refractivity contribution in [3.05, 3.63) is 40.6 Å². The molecule has 0 aliphatic heterocycles. The largest absolute Gasteiger partial charge is 0.477 e. The van der Waals surface area contributed by atoms with Crippen molar-refractivity contribution in [1.82, 2.24) is 9.88 Å². The predicted octanol–water partition coefficient (Wildman–Crippen LogP) is 3.33. The van der Waals surface area contributed by atoms with Gasteiger partial charge in [0.2, 0.25) is 10.0 Å². The van der Waals surface area contributed by atoms with Gasteiger partial charge in [-0.1, -0.05) is 42.7 Å². The molecule has 0 spiro atoms. The Morgan fingerprint density at radius 3 is 2.40 bits per heavy atom. The molecular weight excluding hydrogens is 368 g/mol. The number of halogens is 1. The summed E-state index contributed by atoms with van der Waals surface area (Å²) in [6.45, 7) is 5.07. The lowest BCUT2D eigenvalue weighted by atomic mass is 10.0. The maximum Gasteiger partial charge on any atom is 0.341 e. The average molecular weight is 387 g/mol. The van der Waals surface area contributed by atoms with Crippen molar-refractivity contribution in [2.24, 2.45) is 5.92 Å². The van der Waals surface area contributed by atoms with Crippen LogP contribution in [0, 0.1) is 5.92 Å². The number of carbonyl (C=O) groups is 1. The number of rotatable bonds is 7. The molecule has 7 nitrogen and oxygen atoms in total. The van der Waals surface area contributed by atoms with Crippen LogP contribution in [-0.4, -0.2) is 30.4 Å². The van der Waals surface area contributed by atoms with Crippen LogP contribution in [0.15, 0.2) is 28.8 Å². The van der Waals surface area contributed by atoms with E-state index in [1.54, 1.807) is 38.1 Å². The molecule has 136 valence electrons. The van der Waals surface area contributed by atoms with Crippen molar-refractivity contribution >= 4 is 27.6 Å². The second-order valence-corrected chi connectivity index (χ2v) is 8.33. The molecule has 0 bridgehead atoms. The Bertz CT molecular complexity index is 859. The molecule has 0 amide bonds. The summed E-state index contributed by atoms with van der Waals surface area (Å²) in [5, 5.41) is 13.9. The lowest BCUT2D eigenvalue weighted by molar-refractivity contribution is 0.0694. The van der Waals surface area contributed by atoms with E-state index in [2.05, 4.69) is 9.88 Å². The van der Waals surface area contributed by atoms with E-state index in [-0.39, 0.29) is 28.7 Å². The minimum Gasteiger partial charge on any atom is -0.477 e. The molecule has 0 radical (unpaired) electrons. The topological polar surface area (TPSA) is 110 Å². The number of aromatic carboxylic acids is 1. The molecule has 1 aromatic carbocycles. The van der Waals surface area contributed by atoms with Gasteiger partial charge in [-0.05, 0) is 25.0 Å². The summed E-state index contributed by atoms with van der Waals surface area (Å²) in [6, 6.07) is 5.56. The van der Waals surface area contributed by atoms with Crippen LogP contribution in [0.5, 0.6) is 0 Å². The van der Waals surface area contributed by atoms with Crippen LogP contribution in [0.4, 0.5) is 0 Å².